The number of aliphatic carboxylic acids is 1. The second-order valence-electron chi connectivity index (χ2n) is 5.11. The van der Waals surface area contributed by atoms with Crippen LogP contribution in [0.4, 0.5) is 0 Å². The standard InChI is InChI=1S/C12H17N3O4/c1-12(19,11(17)18)6-13-10(16)8-5-9(7-3-4-7)15(2)14-8/h5,7,19H,3-4,6H2,1-2H3,(H,13,16)(H,17,18). The minimum atomic E-state index is -1.98. The SMILES string of the molecule is Cn1nc(C(=O)NCC(C)(O)C(=O)O)cc1C1CC1. The molecular weight excluding hydrogens is 250 g/mol. The predicted molar refractivity (Wildman–Crippen MR) is 65.8 cm³/mol. The summed E-state index contributed by atoms with van der Waals surface area (Å²) in [4.78, 5) is 22.5. The first kappa shape index (κ1) is 13.5. The van der Waals surface area contributed by atoms with Crippen molar-refractivity contribution in [3.05, 3.63) is 17.5 Å². The molecule has 0 bridgehead atoms. The molecule has 1 unspecified atom stereocenters. The number of aryl methyl sites for hydroxylation is 1. The molecule has 1 amide bonds. The topological polar surface area (TPSA) is 104 Å². The van der Waals surface area contributed by atoms with Crippen LogP contribution in [0.1, 0.15) is 41.9 Å². The molecule has 0 aliphatic heterocycles. The first-order valence-electron chi connectivity index (χ1n) is 6.09. The summed E-state index contributed by atoms with van der Waals surface area (Å²) in [6.45, 7) is 0.764. The monoisotopic (exact) mass is 267 g/mol. The van der Waals surface area contributed by atoms with Crippen molar-refractivity contribution in [3.8, 4) is 0 Å². The summed E-state index contributed by atoms with van der Waals surface area (Å²) in [5.74, 6) is -1.39. The molecule has 7 nitrogen and oxygen atoms in total. The molecule has 2 rings (SSSR count). The van der Waals surface area contributed by atoms with Gasteiger partial charge in [0.05, 0.1) is 6.54 Å². The van der Waals surface area contributed by atoms with Crippen molar-refractivity contribution in [2.45, 2.75) is 31.3 Å². The lowest BCUT2D eigenvalue weighted by molar-refractivity contribution is -0.155. The van der Waals surface area contributed by atoms with Gasteiger partial charge in [0, 0.05) is 18.7 Å². The lowest BCUT2D eigenvalue weighted by Crippen LogP contribution is -2.46. The van der Waals surface area contributed by atoms with Gasteiger partial charge in [-0.05, 0) is 25.8 Å². The highest BCUT2D eigenvalue weighted by atomic mass is 16.4. The van der Waals surface area contributed by atoms with Gasteiger partial charge in [-0.2, -0.15) is 5.10 Å². The number of aromatic nitrogens is 2. The third kappa shape index (κ3) is 2.93. The van der Waals surface area contributed by atoms with Crippen LogP contribution in [0.3, 0.4) is 0 Å². The van der Waals surface area contributed by atoms with Crippen LogP contribution in [0.15, 0.2) is 6.07 Å². The molecule has 1 aromatic rings. The molecule has 3 N–H and O–H groups in total. The summed E-state index contributed by atoms with van der Waals surface area (Å²) >= 11 is 0. The number of carboxylic acid groups (broad SMARTS) is 1. The molecule has 104 valence electrons. The second-order valence-corrected chi connectivity index (χ2v) is 5.11. The molecule has 1 fully saturated rings. The summed E-state index contributed by atoms with van der Waals surface area (Å²) in [6, 6.07) is 1.71. The molecule has 0 radical (unpaired) electrons. The number of nitrogens with one attached hydrogen (secondary N) is 1. The Morgan fingerprint density at radius 2 is 2.21 bits per heavy atom. The zero-order valence-electron chi connectivity index (χ0n) is 10.9. The zero-order valence-corrected chi connectivity index (χ0v) is 10.9. The number of carboxylic acids is 1. The van der Waals surface area contributed by atoms with Crippen molar-refractivity contribution in [2.75, 3.05) is 6.54 Å². The number of rotatable bonds is 5. The van der Waals surface area contributed by atoms with E-state index in [4.69, 9.17) is 5.11 Å². The second kappa shape index (κ2) is 4.65. The van der Waals surface area contributed by atoms with Gasteiger partial charge in [0.25, 0.3) is 5.91 Å². The highest BCUT2D eigenvalue weighted by Gasteiger charge is 2.31. The molecule has 1 aliphatic rings. The van der Waals surface area contributed by atoms with Crippen molar-refractivity contribution < 1.29 is 19.8 Å². The minimum absolute atomic E-state index is 0.241. The lowest BCUT2D eigenvalue weighted by atomic mass is 10.1. The van der Waals surface area contributed by atoms with Gasteiger partial charge in [-0.25, -0.2) is 4.79 Å². The molecule has 7 heteroatoms. The van der Waals surface area contributed by atoms with Crippen LogP contribution in [0.2, 0.25) is 0 Å². The smallest absolute Gasteiger partial charge is 0.337 e. The van der Waals surface area contributed by atoms with E-state index >= 15 is 0 Å². The number of amides is 1. The van der Waals surface area contributed by atoms with Crippen molar-refractivity contribution in [1.29, 1.82) is 0 Å². The molecule has 1 aromatic heterocycles. The Morgan fingerprint density at radius 1 is 1.58 bits per heavy atom. The van der Waals surface area contributed by atoms with E-state index in [9.17, 15) is 14.7 Å². The summed E-state index contributed by atoms with van der Waals surface area (Å²) in [6.07, 6.45) is 2.21. The molecule has 1 atom stereocenters. The van der Waals surface area contributed by atoms with Gasteiger partial charge in [-0.1, -0.05) is 0 Å². The third-order valence-electron chi connectivity index (χ3n) is 3.20. The Labute approximate surface area is 110 Å². The molecular formula is C12H17N3O4. The quantitative estimate of drug-likeness (QED) is 0.689. The number of hydrogen-bond donors (Lipinski definition) is 3. The van der Waals surface area contributed by atoms with Gasteiger partial charge in [0.1, 0.15) is 5.69 Å². The predicted octanol–water partition coefficient (Wildman–Crippen LogP) is -0.137. The molecule has 1 saturated carbocycles. The normalized spacial score (nSPS) is 17.8. The minimum Gasteiger partial charge on any atom is -0.479 e. The highest BCUT2D eigenvalue weighted by Crippen LogP contribution is 2.39. The number of aliphatic hydroxyl groups is 1. The Kier molecular flexibility index (Phi) is 3.32. The largest absolute Gasteiger partial charge is 0.479 e. The van der Waals surface area contributed by atoms with Crippen LogP contribution in [0.25, 0.3) is 0 Å². The first-order valence-corrected chi connectivity index (χ1v) is 6.09. The van der Waals surface area contributed by atoms with Gasteiger partial charge >= 0.3 is 5.97 Å². The molecule has 0 aromatic carbocycles. The fraction of sp³-hybridized carbons (Fsp3) is 0.583. The zero-order chi connectivity index (χ0) is 14.2. The first-order chi connectivity index (χ1) is 8.81. The van der Waals surface area contributed by atoms with E-state index in [-0.39, 0.29) is 12.2 Å². The van der Waals surface area contributed by atoms with E-state index < -0.39 is 17.5 Å². The lowest BCUT2D eigenvalue weighted by Gasteiger charge is -2.17. The fourth-order valence-electron chi connectivity index (χ4n) is 1.77. The van der Waals surface area contributed by atoms with E-state index in [0.717, 1.165) is 25.5 Å². The molecule has 0 saturated heterocycles. The van der Waals surface area contributed by atoms with Gasteiger partial charge in [0.2, 0.25) is 0 Å². The van der Waals surface area contributed by atoms with Crippen molar-refractivity contribution in [2.24, 2.45) is 7.05 Å². The van der Waals surface area contributed by atoms with Gasteiger partial charge in [-0.15, -0.1) is 0 Å². The van der Waals surface area contributed by atoms with Gasteiger partial charge in [0.15, 0.2) is 5.60 Å². The van der Waals surface area contributed by atoms with Crippen molar-refractivity contribution in [3.63, 3.8) is 0 Å². The maximum atomic E-state index is 11.8. The summed E-state index contributed by atoms with van der Waals surface area (Å²) in [7, 11) is 1.78. The van der Waals surface area contributed by atoms with Gasteiger partial charge in [-0.3, -0.25) is 9.48 Å². The van der Waals surface area contributed by atoms with Crippen LogP contribution < -0.4 is 5.32 Å². The number of hydrogen-bond acceptors (Lipinski definition) is 4. The van der Waals surface area contributed by atoms with E-state index in [2.05, 4.69) is 10.4 Å². The van der Waals surface area contributed by atoms with Crippen molar-refractivity contribution in [1.82, 2.24) is 15.1 Å². The Balaban J connectivity index is 2.00. The number of carbonyl (C=O) groups excluding carboxylic acids is 1. The number of nitrogens with zero attached hydrogens (tertiary/aromatic N) is 2. The van der Waals surface area contributed by atoms with Crippen LogP contribution in [-0.2, 0) is 11.8 Å². The molecule has 19 heavy (non-hydrogen) atoms. The summed E-state index contributed by atoms with van der Waals surface area (Å²) in [5, 5.41) is 24.7. The summed E-state index contributed by atoms with van der Waals surface area (Å²) in [5.41, 5.74) is -0.732. The van der Waals surface area contributed by atoms with Crippen molar-refractivity contribution >= 4 is 11.9 Å². The highest BCUT2D eigenvalue weighted by molar-refractivity contribution is 5.93. The van der Waals surface area contributed by atoms with Crippen LogP contribution in [0, 0.1) is 0 Å². The van der Waals surface area contributed by atoms with Crippen LogP contribution >= 0.6 is 0 Å². The van der Waals surface area contributed by atoms with Gasteiger partial charge < -0.3 is 15.5 Å². The molecule has 1 aliphatic carbocycles. The van der Waals surface area contributed by atoms with E-state index in [1.807, 2.05) is 0 Å². The van der Waals surface area contributed by atoms with Crippen LogP contribution in [-0.4, -0.2) is 44.0 Å². The van der Waals surface area contributed by atoms with Crippen LogP contribution in [0.5, 0.6) is 0 Å². The number of carbonyl (C=O) groups is 2. The fourth-order valence-corrected chi connectivity index (χ4v) is 1.77. The van der Waals surface area contributed by atoms with E-state index in [1.165, 1.54) is 0 Å². The molecule has 0 spiro atoms. The Morgan fingerprint density at radius 3 is 2.74 bits per heavy atom. The maximum absolute atomic E-state index is 11.8. The molecule has 1 heterocycles. The average Bonchev–Trinajstić information content (AvgIpc) is 3.09. The van der Waals surface area contributed by atoms with E-state index in [0.29, 0.717) is 5.92 Å². The summed E-state index contributed by atoms with van der Waals surface area (Å²) < 4.78 is 1.67. The average molecular weight is 267 g/mol. The Hall–Kier alpha value is -1.89. The maximum Gasteiger partial charge on any atom is 0.337 e. The Bertz CT molecular complexity index is 517. The van der Waals surface area contributed by atoms with E-state index in [1.54, 1.807) is 17.8 Å². The third-order valence-corrected chi connectivity index (χ3v) is 3.20.